The third kappa shape index (κ3) is 3.60. The van der Waals surface area contributed by atoms with E-state index in [0.29, 0.717) is 11.1 Å². The molecule has 0 N–H and O–H groups in total. The second-order valence-electron chi connectivity index (χ2n) is 4.71. The molecule has 1 fully saturated rings. The number of amides is 2. The molecule has 7 heteroatoms. The summed E-state index contributed by atoms with van der Waals surface area (Å²) in [7, 11) is 0. The summed E-state index contributed by atoms with van der Waals surface area (Å²) < 4.78 is 4.85. The van der Waals surface area contributed by atoms with Gasteiger partial charge in [0.2, 0.25) is 0 Å². The number of hydrogen-bond acceptors (Lipinski definition) is 6. The van der Waals surface area contributed by atoms with Crippen LogP contribution in [0.3, 0.4) is 0 Å². The van der Waals surface area contributed by atoms with Crippen LogP contribution in [-0.2, 0) is 14.3 Å². The summed E-state index contributed by atoms with van der Waals surface area (Å²) in [5, 5.41) is 8.26. The van der Waals surface area contributed by atoms with Crippen LogP contribution in [0.25, 0.3) is 6.08 Å². The van der Waals surface area contributed by atoms with Crippen LogP contribution in [0.15, 0.2) is 29.2 Å². The minimum atomic E-state index is -0.964. The lowest BCUT2D eigenvalue weighted by Gasteiger charge is -2.19. The molecule has 0 spiro atoms. The van der Waals surface area contributed by atoms with Crippen molar-refractivity contribution in [3.8, 4) is 6.07 Å². The molecule has 118 valence electrons. The van der Waals surface area contributed by atoms with E-state index in [-0.39, 0.29) is 11.5 Å². The summed E-state index contributed by atoms with van der Waals surface area (Å²) in [4.78, 5) is 37.2. The fourth-order valence-electron chi connectivity index (χ4n) is 1.99. The Hall–Kier alpha value is -2.59. The van der Waals surface area contributed by atoms with E-state index in [2.05, 4.69) is 0 Å². The number of imide groups is 1. The van der Waals surface area contributed by atoms with Crippen LogP contribution in [-0.4, -0.2) is 34.7 Å². The minimum Gasteiger partial charge on any atom is -0.464 e. The van der Waals surface area contributed by atoms with Crippen LogP contribution in [0.4, 0.5) is 4.79 Å². The number of carbonyl (C=O) groups is 3. The van der Waals surface area contributed by atoms with Gasteiger partial charge in [-0.2, -0.15) is 5.26 Å². The summed E-state index contributed by atoms with van der Waals surface area (Å²) in [5.74, 6) is -1.14. The molecule has 0 bridgehead atoms. The molecule has 1 aromatic carbocycles. The van der Waals surface area contributed by atoms with Gasteiger partial charge in [0, 0.05) is 0 Å². The van der Waals surface area contributed by atoms with Gasteiger partial charge in [0.25, 0.3) is 11.1 Å². The van der Waals surface area contributed by atoms with Gasteiger partial charge in [0.1, 0.15) is 6.04 Å². The van der Waals surface area contributed by atoms with Gasteiger partial charge in [-0.3, -0.25) is 14.5 Å². The molecule has 0 unspecified atom stereocenters. The van der Waals surface area contributed by atoms with Crippen molar-refractivity contribution in [2.45, 2.75) is 19.9 Å². The highest BCUT2D eigenvalue weighted by Gasteiger charge is 2.41. The first kappa shape index (κ1) is 16.8. The molecule has 1 aliphatic rings. The first-order valence-electron chi connectivity index (χ1n) is 6.91. The van der Waals surface area contributed by atoms with Gasteiger partial charge in [0.15, 0.2) is 0 Å². The van der Waals surface area contributed by atoms with Gasteiger partial charge in [-0.1, -0.05) is 12.1 Å². The second-order valence-corrected chi connectivity index (χ2v) is 5.71. The molecule has 0 saturated carbocycles. The van der Waals surface area contributed by atoms with E-state index in [1.165, 1.54) is 6.92 Å². The van der Waals surface area contributed by atoms with Crippen LogP contribution in [0.1, 0.15) is 25.0 Å². The lowest BCUT2D eigenvalue weighted by Crippen LogP contribution is -2.42. The molecule has 0 aromatic heterocycles. The number of hydrogen-bond donors (Lipinski definition) is 0. The van der Waals surface area contributed by atoms with E-state index in [9.17, 15) is 14.4 Å². The normalized spacial score (nSPS) is 17.3. The maximum atomic E-state index is 12.3. The quantitative estimate of drug-likeness (QED) is 0.623. The monoisotopic (exact) mass is 330 g/mol. The number of ether oxygens (including phenoxy) is 1. The molecule has 1 saturated heterocycles. The third-order valence-corrected chi connectivity index (χ3v) is 4.06. The highest BCUT2D eigenvalue weighted by Crippen LogP contribution is 2.33. The maximum absolute atomic E-state index is 12.3. The first-order chi connectivity index (χ1) is 11.0. The minimum absolute atomic E-state index is 0.181. The topological polar surface area (TPSA) is 87.5 Å². The van der Waals surface area contributed by atoms with E-state index in [1.54, 1.807) is 37.3 Å². The predicted octanol–water partition coefficient (Wildman–Crippen LogP) is 2.55. The first-order valence-corrected chi connectivity index (χ1v) is 7.73. The van der Waals surface area contributed by atoms with Crippen molar-refractivity contribution in [2.24, 2.45) is 0 Å². The lowest BCUT2D eigenvalue weighted by molar-refractivity contribution is -0.150. The van der Waals surface area contributed by atoms with Gasteiger partial charge >= 0.3 is 5.97 Å². The fourth-order valence-corrected chi connectivity index (χ4v) is 2.90. The SMILES string of the molecule is CCOC(=O)[C@H](C)N1C(=O)S/C(=C/c2ccc(C#N)cc2)C1=O. The zero-order valence-electron chi connectivity index (χ0n) is 12.6. The average Bonchev–Trinajstić information content (AvgIpc) is 2.81. The van der Waals surface area contributed by atoms with Crippen molar-refractivity contribution in [1.82, 2.24) is 4.90 Å². The smallest absolute Gasteiger partial charge is 0.329 e. The number of esters is 1. The molecule has 2 rings (SSSR count). The van der Waals surface area contributed by atoms with E-state index < -0.39 is 23.2 Å². The predicted molar refractivity (Wildman–Crippen MR) is 85.1 cm³/mol. The standard InChI is InChI=1S/C16H14N2O4S/c1-3-22-15(20)10(2)18-14(19)13(23-16(18)21)8-11-4-6-12(9-17)7-5-11/h4-8,10H,3H2,1-2H3/b13-8+/t10-/m0/s1. The van der Waals surface area contributed by atoms with Crippen LogP contribution in [0.5, 0.6) is 0 Å². The number of benzene rings is 1. The zero-order valence-corrected chi connectivity index (χ0v) is 13.4. The lowest BCUT2D eigenvalue weighted by atomic mass is 10.1. The zero-order chi connectivity index (χ0) is 17.0. The number of thioether (sulfide) groups is 1. The van der Waals surface area contributed by atoms with Crippen LogP contribution >= 0.6 is 11.8 Å². The second kappa shape index (κ2) is 7.11. The van der Waals surface area contributed by atoms with Crippen LogP contribution < -0.4 is 0 Å². The Bertz CT molecular complexity index is 719. The molecule has 1 atom stereocenters. The van der Waals surface area contributed by atoms with E-state index in [4.69, 9.17) is 10.00 Å². The molecule has 6 nitrogen and oxygen atoms in total. The van der Waals surface area contributed by atoms with E-state index in [0.717, 1.165) is 16.7 Å². The molecule has 0 radical (unpaired) electrons. The highest BCUT2D eigenvalue weighted by atomic mass is 32.2. The van der Waals surface area contributed by atoms with Gasteiger partial charge < -0.3 is 4.74 Å². The third-order valence-electron chi connectivity index (χ3n) is 3.18. The Kier molecular flexibility index (Phi) is 5.19. The molecular formula is C16H14N2O4S. The number of nitriles is 1. The van der Waals surface area contributed by atoms with Crippen molar-refractivity contribution >= 4 is 35.0 Å². The Balaban J connectivity index is 2.21. The van der Waals surface area contributed by atoms with Gasteiger partial charge in [-0.05, 0) is 49.4 Å². The molecule has 1 heterocycles. The summed E-state index contributed by atoms with van der Waals surface area (Å²) in [6, 6.07) is 7.65. The number of rotatable bonds is 4. The molecular weight excluding hydrogens is 316 g/mol. The van der Waals surface area contributed by atoms with Crippen LogP contribution in [0, 0.1) is 11.3 Å². The largest absolute Gasteiger partial charge is 0.464 e. The van der Waals surface area contributed by atoms with Crippen molar-refractivity contribution in [2.75, 3.05) is 6.61 Å². The molecule has 1 aromatic rings. The molecule has 0 aliphatic carbocycles. The van der Waals surface area contributed by atoms with Crippen molar-refractivity contribution in [3.05, 3.63) is 40.3 Å². The molecule has 2 amide bonds. The Labute approximate surface area is 137 Å². The van der Waals surface area contributed by atoms with Crippen LogP contribution in [0.2, 0.25) is 0 Å². The van der Waals surface area contributed by atoms with Gasteiger partial charge in [0.05, 0.1) is 23.1 Å². The summed E-state index contributed by atoms with van der Waals surface area (Å²) in [5.41, 5.74) is 1.20. The van der Waals surface area contributed by atoms with Crippen molar-refractivity contribution in [3.63, 3.8) is 0 Å². The summed E-state index contributed by atoms with van der Waals surface area (Å²) in [6.07, 6.45) is 1.56. The fraction of sp³-hybridized carbons (Fsp3) is 0.250. The summed E-state index contributed by atoms with van der Waals surface area (Å²) >= 11 is 0.776. The average molecular weight is 330 g/mol. The molecule has 1 aliphatic heterocycles. The number of carbonyl (C=O) groups excluding carboxylic acids is 3. The molecule has 23 heavy (non-hydrogen) atoms. The van der Waals surface area contributed by atoms with Gasteiger partial charge in [-0.15, -0.1) is 0 Å². The highest BCUT2D eigenvalue weighted by molar-refractivity contribution is 8.18. The summed E-state index contributed by atoms with van der Waals surface area (Å²) in [6.45, 7) is 3.29. The Morgan fingerprint density at radius 3 is 2.61 bits per heavy atom. The Morgan fingerprint density at radius 2 is 2.04 bits per heavy atom. The van der Waals surface area contributed by atoms with E-state index >= 15 is 0 Å². The van der Waals surface area contributed by atoms with Gasteiger partial charge in [-0.25, -0.2) is 4.79 Å². The maximum Gasteiger partial charge on any atom is 0.329 e. The Morgan fingerprint density at radius 1 is 1.39 bits per heavy atom. The number of nitrogens with zero attached hydrogens (tertiary/aromatic N) is 2. The van der Waals surface area contributed by atoms with Crippen molar-refractivity contribution < 1.29 is 19.1 Å². The van der Waals surface area contributed by atoms with E-state index in [1.807, 2.05) is 6.07 Å². The van der Waals surface area contributed by atoms with Crippen molar-refractivity contribution in [1.29, 1.82) is 5.26 Å².